The van der Waals surface area contributed by atoms with Crippen LogP contribution < -0.4 is 10.1 Å². The van der Waals surface area contributed by atoms with Gasteiger partial charge in [0.15, 0.2) is 0 Å². The van der Waals surface area contributed by atoms with Crippen LogP contribution in [-0.2, 0) is 14.8 Å². The number of hydrogen-bond acceptors (Lipinski definition) is 5. The lowest BCUT2D eigenvalue weighted by molar-refractivity contribution is -0.126. The van der Waals surface area contributed by atoms with Crippen LogP contribution in [0.15, 0.2) is 46.0 Å². The van der Waals surface area contributed by atoms with Crippen molar-refractivity contribution in [3.63, 3.8) is 0 Å². The number of hydrogen-bond donors (Lipinski definition) is 1. The number of nitrogens with one attached hydrogen (secondary N) is 1. The molecule has 0 aliphatic carbocycles. The number of sulfonamides is 1. The van der Waals surface area contributed by atoms with Gasteiger partial charge >= 0.3 is 0 Å². The molecule has 1 aromatic heterocycles. The molecule has 2 aromatic rings. The van der Waals surface area contributed by atoms with Gasteiger partial charge in [0.25, 0.3) is 10.0 Å². The Bertz CT molecular complexity index is 897. The molecule has 3 rings (SSSR count). The number of benzene rings is 1. The third-order valence-electron chi connectivity index (χ3n) is 4.82. The Morgan fingerprint density at radius 2 is 2.11 bits per heavy atom. The van der Waals surface area contributed by atoms with Crippen molar-refractivity contribution in [2.24, 2.45) is 5.92 Å². The quantitative estimate of drug-likeness (QED) is 0.744. The van der Waals surface area contributed by atoms with Crippen molar-refractivity contribution in [3.8, 4) is 5.75 Å². The summed E-state index contributed by atoms with van der Waals surface area (Å²) in [5.74, 6) is 0.339. The Morgan fingerprint density at radius 3 is 2.82 bits per heavy atom. The summed E-state index contributed by atoms with van der Waals surface area (Å²) in [5, 5.41) is 4.71. The maximum absolute atomic E-state index is 12.7. The number of para-hydroxylation sites is 1. The van der Waals surface area contributed by atoms with Gasteiger partial charge in [-0.3, -0.25) is 4.79 Å². The predicted octanol–water partition coefficient (Wildman–Crippen LogP) is 3.04. The maximum atomic E-state index is 12.7. The van der Waals surface area contributed by atoms with E-state index in [4.69, 9.17) is 4.74 Å². The molecule has 2 atom stereocenters. The van der Waals surface area contributed by atoms with Crippen LogP contribution in [0.3, 0.4) is 0 Å². The lowest BCUT2D eigenvalue weighted by Crippen LogP contribution is -2.47. The molecule has 1 fully saturated rings. The number of piperidine rings is 1. The number of carbonyl (C=O) groups is 1. The van der Waals surface area contributed by atoms with Crippen LogP contribution in [0.5, 0.6) is 5.75 Å². The van der Waals surface area contributed by atoms with E-state index in [0.717, 1.165) is 11.3 Å². The van der Waals surface area contributed by atoms with E-state index in [1.54, 1.807) is 17.5 Å². The van der Waals surface area contributed by atoms with E-state index in [1.807, 2.05) is 38.1 Å². The standard InChI is InChI=1S/C20H26N2O4S2/c1-15-7-3-4-9-18(15)26-14-16(2)21-20(23)17-8-5-11-22(13-17)28(24,25)19-10-6-12-27-19/h3-4,6-7,9-10,12,16-17H,5,8,11,13-14H2,1-2H3,(H,21,23)/t16-,17+/m0/s1. The van der Waals surface area contributed by atoms with Gasteiger partial charge in [0, 0.05) is 13.1 Å². The highest BCUT2D eigenvalue weighted by atomic mass is 32.2. The van der Waals surface area contributed by atoms with Crippen LogP contribution in [0, 0.1) is 12.8 Å². The number of amides is 1. The van der Waals surface area contributed by atoms with Crippen molar-refractivity contribution in [3.05, 3.63) is 47.3 Å². The van der Waals surface area contributed by atoms with Gasteiger partial charge in [-0.25, -0.2) is 8.42 Å². The summed E-state index contributed by atoms with van der Waals surface area (Å²) in [6, 6.07) is 10.9. The summed E-state index contributed by atoms with van der Waals surface area (Å²) in [5.41, 5.74) is 1.04. The SMILES string of the molecule is Cc1ccccc1OC[C@H](C)NC(=O)[C@@H]1CCCN(S(=O)(=O)c2cccs2)C1. The second kappa shape index (κ2) is 9.07. The topological polar surface area (TPSA) is 75.7 Å². The van der Waals surface area contributed by atoms with Crippen LogP contribution in [0.25, 0.3) is 0 Å². The highest BCUT2D eigenvalue weighted by molar-refractivity contribution is 7.91. The molecule has 1 amide bonds. The van der Waals surface area contributed by atoms with Crippen molar-refractivity contribution in [2.75, 3.05) is 19.7 Å². The number of ether oxygens (including phenoxy) is 1. The van der Waals surface area contributed by atoms with Crippen LogP contribution >= 0.6 is 11.3 Å². The molecule has 0 radical (unpaired) electrons. The number of carbonyl (C=O) groups excluding carboxylic acids is 1. The van der Waals surface area contributed by atoms with Crippen LogP contribution in [0.1, 0.15) is 25.3 Å². The molecule has 1 aliphatic heterocycles. The maximum Gasteiger partial charge on any atom is 0.252 e. The molecule has 0 bridgehead atoms. The summed E-state index contributed by atoms with van der Waals surface area (Å²) >= 11 is 1.20. The van der Waals surface area contributed by atoms with Gasteiger partial charge in [0.05, 0.1) is 12.0 Å². The Kier molecular flexibility index (Phi) is 6.74. The molecule has 0 spiro atoms. The third-order valence-corrected chi connectivity index (χ3v) is 8.05. The van der Waals surface area contributed by atoms with Gasteiger partial charge in [-0.15, -0.1) is 11.3 Å². The summed E-state index contributed by atoms with van der Waals surface area (Å²) in [7, 11) is -3.52. The summed E-state index contributed by atoms with van der Waals surface area (Å²) in [6.45, 7) is 4.90. The molecule has 2 heterocycles. The van der Waals surface area contributed by atoms with Gasteiger partial charge < -0.3 is 10.1 Å². The Morgan fingerprint density at radius 1 is 1.32 bits per heavy atom. The van der Waals surface area contributed by atoms with Gasteiger partial charge in [-0.2, -0.15) is 4.31 Å². The second-order valence-electron chi connectivity index (χ2n) is 7.12. The minimum Gasteiger partial charge on any atom is -0.491 e. The third kappa shape index (κ3) is 4.92. The molecule has 0 unspecified atom stereocenters. The van der Waals surface area contributed by atoms with Gasteiger partial charge in [-0.05, 0) is 49.8 Å². The zero-order valence-corrected chi connectivity index (χ0v) is 17.8. The highest BCUT2D eigenvalue weighted by Crippen LogP contribution is 2.26. The summed E-state index contributed by atoms with van der Waals surface area (Å²) < 4.78 is 33.0. The second-order valence-corrected chi connectivity index (χ2v) is 10.2. The van der Waals surface area contributed by atoms with E-state index in [0.29, 0.717) is 30.2 Å². The smallest absolute Gasteiger partial charge is 0.252 e. The Balaban J connectivity index is 1.54. The first kappa shape index (κ1) is 20.8. The van der Waals surface area contributed by atoms with E-state index in [9.17, 15) is 13.2 Å². The van der Waals surface area contributed by atoms with E-state index in [1.165, 1.54) is 15.6 Å². The van der Waals surface area contributed by atoms with Crippen molar-refractivity contribution in [2.45, 2.75) is 36.9 Å². The zero-order chi connectivity index (χ0) is 20.1. The number of aryl methyl sites for hydroxylation is 1. The van der Waals surface area contributed by atoms with Crippen molar-refractivity contribution in [1.29, 1.82) is 0 Å². The first-order chi connectivity index (χ1) is 13.4. The minimum absolute atomic E-state index is 0.119. The summed E-state index contributed by atoms with van der Waals surface area (Å²) in [6.07, 6.45) is 1.37. The molecule has 1 saturated heterocycles. The van der Waals surface area contributed by atoms with E-state index >= 15 is 0 Å². The molecule has 28 heavy (non-hydrogen) atoms. The van der Waals surface area contributed by atoms with Gasteiger partial charge in [0.1, 0.15) is 16.6 Å². The van der Waals surface area contributed by atoms with Crippen molar-refractivity contribution < 1.29 is 17.9 Å². The molecule has 152 valence electrons. The van der Waals surface area contributed by atoms with Gasteiger partial charge in [-0.1, -0.05) is 24.3 Å². The largest absolute Gasteiger partial charge is 0.491 e. The van der Waals surface area contributed by atoms with Crippen LogP contribution in [0.2, 0.25) is 0 Å². The first-order valence-electron chi connectivity index (χ1n) is 9.40. The van der Waals surface area contributed by atoms with Crippen LogP contribution in [0.4, 0.5) is 0 Å². The fourth-order valence-electron chi connectivity index (χ4n) is 3.25. The first-order valence-corrected chi connectivity index (χ1v) is 11.7. The molecular weight excluding hydrogens is 396 g/mol. The van der Waals surface area contributed by atoms with Crippen molar-refractivity contribution >= 4 is 27.3 Å². The van der Waals surface area contributed by atoms with Gasteiger partial charge in [0.2, 0.25) is 5.91 Å². The molecule has 6 nitrogen and oxygen atoms in total. The fourth-order valence-corrected chi connectivity index (χ4v) is 5.92. The summed E-state index contributed by atoms with van der Waals surface area (Å²) in [4.78, 5) is 12.7. The average molecular weight is 423 g/mol. The van der Waals surface area contributed by atoms with Crippen LogP contribution in [-0.4, -0.2) is 44.4 Å². The zero-order valence-electron chi connectivity index (χ0n) is 16.1. The van der Waals surface area contributed by atoms with E-state index < -0.39 is 10.0 Å². The molecule has 0 saturated carbocycles. The number of rotatable bonds is 7. The lowest BCUT2D eigenvalue weighted by atomic mass is 9.98. The number of thiophene rings is 1. The lowest BCUT2D eigenvalue weighted by Gasteiger charge is -2.31. The normalized spacial score (nSPS) is 19.1. The predicted molar refractivity (Wildman–Crippen MR) is 110 cm³/mol. The molecule has 1 N–H and O–H groups in total. The monoisotopic (exact) mass is 422 g/mol. The molecule has 1 aliphatic rings. The Hall–Kier alpha value is -1.90. The minimum atomic E-state index is -3.52. The van der Waals surface area contributed by atoms with Crippen molar-refractivity contribution in [1.82, 2.24) is 9.62 Å². The molecular formula is C20H26N2O4S2. The van der Waals surface area contributed by atoms with E-state index in [-0.39, 0.29) is 24.4 Å². The molecule has 1 aromatic carbocycles. The average Bonchev–Trinajstić information content (AvgIpc) is 3.23. The molecule has 8 heteroatoms. The Labute approximate surface area is 170 Å². The fraction of sp³-hybridized carbons (Fsp3) is 0.450. The number of nitrogens with zero attached hydrogens (tertiary/aromatic N) is 1. The van der Waals surface area contributed by atoms with E-state index in [2.05, 4.69) is 5.32 Å². The highest BCUT2D eigenvalue weighted by Gasteiger charge is 2.34.